The Labute approximate surface area is 262 Å². The van der Waals surface area contributed by atoms with Crippen LogP contribution in [0.1, 0.15) is 64.4 Å². The van der Waals surface area contributed by atoms with Crippen LogP contribution in [0.15, 0.2) is 36.4 Å². The lowest BCUT2D eigenvalue weighted by Crippen LogP contribution is -2.50. The average molecular weight is 617 g/mol. The number of nitrogens with zero attached hydrogens (tertiary/aromatic N) is 4. The standard InChI is InChI=1S/C36H42F2N4O3/c1-4-24-28(37)12-9-22-18-23(43)19-27(30(22)24)25-10-11-26-32(31(25)38)39-34(40-33(26)42-17-6-13-35(2,44)20-42)45-21-36-14-5-8-29(36)41(3)16-7-15-36/h9-12,18-19,29,43-44H,4-8,13-17,20-21H2,1-3H3/t29-,35?,36-/m1/s1. The zero-order valence-electron chi connectivity index (χ0n) is 26.4. The Hall–Kier alpha value is -3.56. The number of likely N-dealkylation sites (tertiary alicyclic amines) is 1. The van der Waals surface area contributed by atoms with Crippen molar-refractivity contribution in [3.8, 4) is 22.9 Å². The van der Waals surface area contributed by atoms with E-state index in [-0.39, 0.29) is 34.1 Å². The number of aryl methyl sites for hydroxylation is 1. The summed E-state index contributed by atoms with van der Waals surface area (Å²) in [6, 6.07) is 10.1. The van der Waals surface area contributed by atoms with Crippen molar-refractivity contribution in [1.82, 2.24) is 14.9 Å². The number of phenols is 1. The van der Waals surface area contributed by atoms with E-state index in [1.165, 1.54) is 12.1 Å². The fraction of sp³-hybridized carbons (Fsp3) is 0.500. The first-order chi connectivity index (χ1) is 21.6. The van der Waals surface area contributed by atoms with Crippen LogP contribution in [0.2, 0.25) is 0 Å². The molecule has 0 amide bonds. The van der Waals surface area contributed by atoms with E-state index in [4.69, 9.17) is 9.72 Å². The number of hydrogen-bond acceptors (Lipinski definition) is 7. The van der Waals surface area contributed by atoms with Crippen molar-refractivity contribution in [2.75, 3.05) is 38.2 Å². The van der Waals surface area contributed by atoms with Crippen LogP contribution in [0.5, 0.6) is 11.8 Å². The first-order valence-electron chi connectivity index (χ1n) is 16.3. The Bertz CT molecular complexity index is 1780. The molecule has 3 fully saturated rings. The van der Waals surface area contributed by atoms with Crippen LogP contribution in [0.3, 0.4) is 0 Å². The van der Waals surface area contributed by atoms with E-state index in [0.717, 1.165) is 45.1 Å². The number of piperidine rings is 2. The number of aromatic nitrogens is 2. The monoisotopic (exact) mass is 616 g/mol. The highest BCUT2D eigenvalue weighted by atomic mass is 19.1. The fourth-order valence-electron chi connectivity index (χ4n) is 8.48. The van der Waals surface area contributed by atoms with Crippen molar-refractivity contribution in [2.45, 2.75) is 76.9 Å². The van der Waals surface area contributed by atoms with Crippen molar-refractivity contribution >= 4 is 27.5 Å². The molecule has 4 aromatic rings. The molecule has 9 heteroatoms. The Morgan fingerprint density at radius 2 is 1.80 bits per heavy atom. The number of halogens is 2. The van der Waals surface area contributed by atoms with Crippen LogP contribution in [-0.2, 0) is 6.42 Å². The highest BCUT2D eigenvalue weighted by Gasteiger charge is 2.47. The van der Waals surface area contributed by atoms with Crippen molar-refractivity contribution < 1.29 is 23.7 Å². The Kier molecular flexibility index (Phi) is 7.60. The first kappa shape index (κ1) is 30.1. The molecule has 1 unspecified atom stereocenters. The van der Waals surface area contributed by atoms with Crippen molar-refractivity contribution in [3.63, 3.8) is 0 Å². The second kappa shape index (κ2) is 11.4. The number of hydrogen-bond donors (Lipinski definition) is 2. The summed E-state index contributed by atoms with van der Waals surface area (Å²) in [4.78, 5) is 14.0. The van der Waals surface area contributed by atoms with Gasteiger partial charge < -0.3 is 24.7 Å². The van der Waals surface area contributed by atoms with Gasteiger partial charge in [0.1, 0.15) is 22.9 Å². The van der Waals surface area contributed by atoms with Crippen molar-refractivity contribution in [3.05, 3.63) is 53.6 Å². The molecule has 7 nitrogen and oxygen atoms in total. The molecule has 1 saturated carbocycles. The number of aromatic hydroxyl groups is 1. The van der Waals surface area contributed by atoms with Crippen LogP contribution in [0, 0.1) is 17.0 Å². The third-order valence-corrected chi connectivity index (χ3v) is 10.6. The number of β-amino-alcohol motifs (C(OH)–C–C–N with tert-alkyl or cyclic N) is 1. The molecule has 0 spiro atoms. The molecular formula is C36H42F2N4O3. The van der Waals surface area contributed by atoms with Gasteiger partial charge >= 0.3 is 6.01 Å². The molecule has 3 atom stereocenters. The molecule has 2 N–H and O–H groups in total. The minimum atomic E-state index is -0.904. The third kappa shape index (κ3) is 5.27. The van der Waals surface area contributed by atoms with Gasteiger partial charge in [0.2, 0.25) is 0 Å². The molecule has 7 rings (SSSR count). The summed E-state index contributed by atoms with van der Waals surface area (Å²) >= 11 is 0. The average Bonchev–Trinajstić information content (AvgIpc) is 3.45. The maximum atomic E-state index is 16.9. The second-order valence-corrected chi connectivity index (χ2v) is 13.8. The van der Waals surface area contributed by atoms with Crippen LogP contribution in [0.4, 0.5) is 14.6 Å². The molecule has 0 bridgehead atoms. The molecule has 45 heavy (non-hydrogen) atoms. The third-order valence-electron chi connectivity index (χ3n) is 10.6. The number of aliphatic hydroxyl groups is 1. The van der Waals surface area contributed by atoms with Gasteiger partial charge in [0, 0.05) is 35.5 Å². The van der Waals surface area contributed by atoms with Gasteiger partial charge in [-0.1, -0.05) is 25.5 Å². The lowest BCUT2D eigenvalue weighted by molar-refractivity contribution is 0.0132. The molecule has 0 radical (unpaired) electrons. The van der Waals surface area contributed by atoms with Crippen LogP contribution in [0.25, 0.3) is 32.8 Å². The summed E-state index contributed by atoms with van der Waals surface area (Å²) in [5, 5.41) is 23.3. The summed E-state index contributed by atoms with van der Waals surface area (Å²) in [6.07, 6.45) is 7.42. The SMILES string of the molecule is CCc1c(F)ccc2cc(O)cc(-c3ccc4c(N5CCCC(C)(O)C5)nc(OC[C@]56CCC[C@H]5N(C)CCC6)nc4c3F)c12. The number of rotatable bonds is 6. The molecule has 1 aliphatic carbocycles. The zero-order chi connectivity index (χ0) is 31.5. The second-order valence-electron chi connectivity index (χ2n) is 13.8. The normalized spacial score (nSPS) is 25.6. The van der Waals surface area contributed by atoms with E-state index in [2.05, 4.69) is 16.9 Å². The lowest BCUT2D eigenvalue weighted by atomic mass is 9.76. The minimum absolute atomic E-state index is 0.0157. The molecular weight excluding hydrogens is 574 g/mol. The van der Waals surface area contributed by atoms with E-state index in [1.54, 1.807) is 24.3 Å². The first-order valence-corrected chi connectivity index (χ1v) is 16.3. The van der Waals surface area contributed by atoms with Crippen LogP contribution < -0.4 is 9.64 Å². The predicted molar refractivity (Wildman–Crippen MR) is 173 cm³/mol. The Balaban J connectivity index is 1.38. The summed E-state index contributed by atoms with van der Waals surface area (Å²) in [6.45, 7) is 6.24. The quantitative estimate of drug-likeness (QED) is 0.242. The van der Waals surface area contributed by atoms with Gasteiger partial charge in [-0.05, 0) is 112 Å². The summed E-state index contributed by atoms with van der Waals surface area (Å²) in [7, 11) is 2.19. The van der Waals surface area contributed by atoms with Crippen LogP contribution >= 0.6 is 0 Å². The Morgan fingerprint density at radius 1 is 1.00 bits per heavy atom. The number of ether oxygens (including phenoxy) is 1. The van der Waals surface area contributed by atoms with E-state index in [9.17, 15) is 14.6 Å². The van der Waals surface area contributed by atoms with Gasteiger partial charge in [-0.15, -0.1) is 0 Å². The lowest BCUT2D eigenvalue weighted by Gasteiger charge is -2.44. The van der Waals surface area contributed by atoms with E-state index >= 15 is 4.39 Å². The molecule has 238 valence electrons. The van der Waals surface area contributed by atoms with Crippen LogP contribution in [-0.4, -0.2) is 70.0 Å². The van der Waals surface area contributed by atoms with Gasteiger partial charge in [-0.2, -0.15) is 9.97 Å². The minimum Gasteiger partial charge on any atom is -0.508 e. The van der Waals surface area contributed by atoms with E-state index in [1.807, 2.05) is 18.7 Å². The zero-order valence-corrected chi connectivity index (χ0v) is 26.4. The van der Waals surface area contributed by atoms with Crippen molar-refractivity contribution in [2.24, 2.45) is 5.41 Å². The molecule has 3 aliphatic rings. The van der Waals surface area contributed by atoms with Gasteiger partial charge in [0.25, 0.3) is 0 Å². The van der Waals surface area contributed by atoms with Gasteiger partial charge in [0.15, 0.2) is 5.82 Å². The number of benzene rings is 3. The predicted octanol–water partition coefficient (Wildman–Crippen LogP) is 6.99. The number of anilines is 1. The number of phenolic OH excluding ortho intramolecular Hbond substituents is 1. The smallest absolute Gasteiger partial charge is 0.319 e. The highest BCUT2D eigenvalue weighted by molar-refractivity contribution is 6.03. The summed E-state index contributed by atoms with van der Waals surface area (Å²) in [5.41, 5.74) is 0.300. The maximum absolute atomic E-state index is 16.9. The largest absolute Gasteiger partial charge is 0.508 e. The van der Waals surface area contributed by atoms with E-state index in [0.29, 0.717) is 71.7 Å². The number of fused-ring (bicyclic) bond motifs is 3. The maximum Gasteiger partial charge on any atom is 0.319 e. The summed E-state index contributed by atoms with van der Waals surface area (Å²) < 4.78 is 38.3. The summed E-state index contributed by atoms with van der Waals surface area (Å²) in [5.74, 6) is -0.454. The topological polar surface area (TPSA) is 82.0 Å². The highest BCUT2D eigenvalue weighted by Crippen LogP contribution is 2.48. The fourth-order valence-corrected chi connectivity index (χ4v) is 8.48. The molecule has 1 aromatic heterocycles. The Morgan fingerprint density at radius 3 is 2.60 bits per heavy atom. The molecule has 3 heterocycles. The molecule has 2 aliphatic heterocycles. The molecule has 3 aromatic carbocycles. The van der Waals surface area contributed by atoms with Gasteiger partial charge in [-0.3, -0.25) is 0 Å². The van der Waals surface area contributed by atoms with E-state index < -0.39 is 11.4 Å². The molecule has 2 saturated heterocycles. The van der Waals surface area contributed by atoms with Gasteiger partial charge in [0.05, 0.1) is 12.2 Å². The van der Waals surface area contributed by atoms with Gasteiger partial charge in [-0.25, -0.2) is 8.78 Å². The van der Waals surface area contributed by atoms with Crippen molar-refractivity contribution in [1.29, 1.82) is 0 Å².